The second-order valence-electron chi connectivity index (χ2n) is 5.40. The van der Waals surface area contributed by atoms with E-state index in [1.165, 1.54) is 17.5 Å². The van der Waals surface area contributed by atoms with Crippen LogP contribution >= 0.6 is 0 Å². The fourth-order valence-corrected chi connectivity index (χ4v) is 2.88. The molecule has 3 N–H and O–H groups in total. The van der Waals surface area contributed by atoms with Crippen molar-refractivity contribution in [3.8, 4) is 0 Å². The van der Waals surface area contributed by atoms with E-state index in [0.717, 1.165) is 6.42 Å². The van der Waals surface area contributed by atoms with Gasteiger partial charge in [-0.15, -0.1) is 0 Å². The molecule has 0 fully saturated rings. The maximum absolute atomic E-state index is 10.9. The predicted octanol–water partition coefficient (Wildman–Crippen LogP) is 2.48. The van der Waals surface area contributed by atoms with Crippen molar-refractivity contribution in [3.05, 3.63) is 35.4 Å². The zero-order valence-corrected chi connectivity index (χ0v) is 11.1. The minimum Gasteiger partial charge on any atom is -0.370 e. The lowest BCUT2D eigenvalue weighted by Crippen LogP contribution is -2.35. The van der Waals surface area contributed by atoms with Gasteiger partial charge in [0.25, 0.3) is 0 Å². The summed E-state index contributed by atoms with van der Waals surface area (Å²) in [6, 6.07) is 9.09. The normalized spacial score (nSPS) is 24.3. The number of amides is 1. The molecule has 2 rings (SSSR count). The van der Waals surface area contributed by atoms with Crippen LogP contribution in [0, 0.1) is 0 Å². The maximum atomic E-state index is 10.9. The first kappa shape index (κ1) is 13.1. The monoisotopic (exact) mass is 246 g/mol. The van der Waals surface area contributed by atoms with Gasteiger partial charge in [0, 0.05) is 18.5 Å². The van der Waals surface area contributed by atoms with E-state index in [0.29, 0.717) is 18.4 Å². The molecule has 0 saturated heterocycles. The highest BCUT2D eigenvalue weighted by molar-refractivity contribution is 5.74. The van der Waals surface area contributed by atoms with Crippen molar-refractivity contribution < 1.29 is 4.79 Å². The quantitative estimate of drug-likeness (QED) is 0.857. The molecule has 3 nitrogen and oxygen atoms in total. The van der Waals surface area contributed by atoms with E-state index in [4.69, 9.17) is 5.73 Å². The highest BCUT2D eigenvalue weighted by Gasteiger charge is 2.25. The third-order valence-electron chi connectivity index (χ3n) is 3.78. The Morgan fingerprint density at radius 1 is 1.39 bits per heavy atom. The van der Waals surface area contributed by atoms with Crippen LogP contribution in [0.4, 0.5) is 0 Å². The molecule has 98 valence electrons. The Labute approximate surface area is 109 Å². The van der Waals surface area contributed by atoms with Crippen LogP contribution in [0.2, 0.25) is 0 Å². The fourth-order valence-electron chi connectivity index (χ4n) is 2.88. The Morgan fingerprint density at radius 3 is 2.72 bits per heavy atom. The van der Waals surface area contributed by atoms with Crippen LogP contribution in [-0.2, 0) is 4.79 Å². The van der Waals surface area contributed by atoms with Crippen molar-refractivity contribution in [2.75, 3.05) is 0 Å². The zero-order valence-electron chi connectivity index (χ0n) is 11.1. The van der Waals surface area contributed by atoms with Crippen LogP contribution in [0.1, 0.15) is 56.2 Å². The van der Waals surface area contributed by atoms with Gasteiger partial charge in [-0.1, -0.05) is 31.2 Å². The summed E-state index contributed by atoms with van der Waals surface area (Å²) in [7, 11) is 0. The van der Waals surface area contributed by atoms with E-state index in [2.05, 4.69) is 36.5 Å². The standard InChI is InChI=1S/C15H22N2O/c1-10-7-8-14(17-11(2)9-15(16)18)13-6-4-3-5-12(10)13/h3-6,10-11,14,17H,7-9H2,1-2H3,(H2,16,18)/t10-,11+,14+/m0/s1. The molecule has 1 aliphatic rings. The summed E-state index contributed by atoms with van der Waals surface area (Å²) in [5.74, 6) is 0.387. The first-order valence-electron chi connectivity index (χ1n) is 6.71. The van der Waals surface area contributed by atoms with Crippen molar-refractivity contribution in [3.63, 3.8) is 0 Å². The lowest BCUT2D eigenvalue weighted by atomic mass is 9.81. The van der Waals surface area contributed by atoms with Crippen molar-refractivity contribution in [1.82, 2.24) is 5.32 Å². The number of primary amides is 1. The predicted molar refractivity (Wildman–Crippen MR) is 73.2 cm³/mol. The second-order valence-corrected chi connectivity index (χ2v) is 5.40. The summed E-state index contributed by atoms with van der Waals surface area (Å²) in [5.41, 5.74) is 8.06. The third kappa shape index (κ3) is 2.91. The Hall–Kier alpha value is -1.35. The van der Waals surface area contributed by atoms with Gasteiger partial charge in [-0.3, -0.25) is 4.79 Å². The van der Waals surface area contributed by atoms with Crippen molar-refractivity contribution in [2.45, 2.75) is 51.1 Å². The number of nitrogens with one attached hydrogen (secondary N) is 1. The zero-order chi connectivity index (χ0) is 13.1. The summed E-state index contributed by atoms with van der Waals surface area (Å²) in [4.78, 5) is 10.9. The second kappa shape index (κ2) is 5.53. The lowest BCUT2D eigenvalue weighted by molar-refractivity contribution is -0.118. The highest BCUT2D eigenvalue weighted by atomic mass is 16.1. The van der Waals surface area contributed by atoms with Gasteiger partial charge < -0.3 is 11.1 Å². The average Bonchev–Trinajstić information content (AvgIpc) is 2.32. The van der Waals surface area contributed by atoms with E-state index in [-0.39, 0.29) is 11.9 Å². The molecule has 1 aromatic carbocycles. The molecule has 3 atom stereocenters. The maximum Gasteiger partial charge on any atom is 0.218 e. The smallest absolute Gasteiger partial charge is 0.218 e. The third-order valence-corrected chi connectivity index (χ3v) is 3.78. The Balaban J connectivity index is 2.11. The molecule has 0 radical (unpaired) electrons. The fraction of sp³-hybridized carbons (Fsp3) is 0.533. The number of hydrogen-bond donors (Lipinski definition) is 2. The molecule has 1 aromatic rings. The van der Waals surface area contributed by atoms with E-state index in [1.807, 2.05) is 6.92 Å². The number of benzene rings is 1. The summed E-state index contributed by atoms with van der Waals surface area (Å²) >= 11 is 0. The van der Waals surface area contributed by atoms with Crippen LogP contribution in [0.5, 0.6) is 0 Å². The molecule has 18 heavy (non-hydrogen) atoms. The molecule has 0 saturated carbocycles. The van der Waals surface area contributed by atoms with Crippen LogP contribution in [0.25, 0.3) is 0 Å². The van der Waals surface area contributed by atoms with Gasteiger partial charge in [-0.05, 0) is 36.8 Å². The summed E-state index contributed by atoms with van der Waals surface area (Å²) in [6.07, 6.45) is 2.72. The molecule has 1 aliphatic carbocycles. The minimum absolute atomic E-state index is 0.133. The largest absolute Gasteiger partial charge is 0.370 e. The summed E-state index contributed by atoms with van der Waals surface area (Å²) in [5, 5.41) is 3.53. The molecule has 0 aromatic heterocycles. The average molecular weight is 246 g/mol. The molecular formula is C15H22N2O. The molecule has 0 unspecified atom stereocenters. The Kier molecular flexibility index (Phi) is 4.02. The number of carbonyl (C=O) groups is 1. The van der Waals surface area contributed by atoms with Crippen LogP contribution in [0.15, 0.2) is 24.3 Å². The summed E-state index contributed by atoms with van der Waals surface area (Å²) < 4.78 is 0. The van der Waals surface area contributed by atoms with Gasteiger partial charge in [0.05, 0.1) is 0 Å². The van der Waals surface area contributed by atoms with E-state index in [9.17, 15) is 4.79 Å². The first-order chi connectivity index (χ1) is 8.58. The van der Waals surface area contributed by atoms with Crippen LogP contribution < -0.4 is 11.1 Å². The van der Waals surface area contributed by atoms with Crippen molar-refractivity contribution >= 4 is 5.91 Å². The molecule has 0 spiro atoms. The van der Waals surface area contributed by atoms with Crippen LogP contribution in [-0.4, -0.2) is 11.9 Å². The lowest BCUT2D eigenvalue weighted by Gasteiger charge is -2.32. The molecule has 0 bridgehead atoms. The Morgan fingerprint density at radius 2 is 2.06 bits per heavy atom. The number of nitrogens with two attached hydrogens (primary N) is 1. The molecule has 1 amide bonds. The SMILES string of the molecule is C[C@H](CC(N)=O)N[C@@H]1CC[C@H](C)c2ccccc21. The topological polar surface area (TPSA) is 55.1 Å². The molecule has 3 heteroatoms. The number of rotatable bonds is 4. The van der Waals surface area contributed by atoms with Gasteiger partial charge in [0.2, 0.25) is 5.91 Å². The van der Waals surface area contributed by atoms with Crippen molar-refractivity contribution in [1.29, 1.82) is 0 Å². The molecule has 0 aliphatic heterocycles. The highest BCUT2D eigenvalue weighted by Crippen LogP contribution is 2.37. The first-order valence-corrected chi connectivity index (χ1v) is 6.71. The van der Waals surface area contributed by atoms with Gasteiger partial charge >= 0.3 is 0 Å². The van der Waals surface area contributed by atoms with E-state index >= 15 is 0 Å². The van der Waals surface area contributed by atoms with Crippen molar-refractivity contribution in [2.24, 2.45) is 5.73 Å². The number of hydrogen-bond acceptors (Lipinski definition) is 2. The number of carbonyl (C=O) groups excluding carboxylic acids is 1. The summed E-state index contributed by atoms with van der Waals surface area (Å²) in [6.45, 7) is 4.30. The van der Waals surface area contributed by atoms with E-state index < -0.39 is 0 Å². The van der Waals surface area contributed by atoms with Gasteiger partial charge in [-0.2, -0.15) is 0 Å². The van der Waals surface area contributed by atoms with Gasteiger partial charge in [-0.25, -0.2) is 0 Å². The van der Waals surface area contributed by atoms with Gasteiger partial charge in [0.15, 0.2) is 0 Å². The number of fused-ring (bicyclic) bond motifs is 1. The Bertz CT molecular complexity index is 430. The molecular weight excluding hydrogens is 224 g/mol. The van der Waals surface area contributed by atoms with Gasteiger partial charge in [0.1, 0.15) is 0 Å². The van der Waals surface area contributed by atoms with E-state index in [1.54, 1.807) is 0 Å². The van der Waals surface area contributed by atoms with Crippen LogP contribution in [0.3, 0.4) is 0 Å². The minimum atomic E-state index is -0.243. The molecule has 0 heterocycles.